The van der Waals surface area contributed by atoms with Gasteiger partial charge in [-0.25, -0.2) is 0 Å². The largest absolute Gasteiger partial charge is 0.310 e. The molecule has 0 saturated carbocycles. The van der Waals surface area contributed by atoms with Crippen LogP contribution < -0.4 is 4.90 Å². The molecule has 1 spiro atoms. The molecule has 1 aliphatic heterocycles. The van der Waals surface area contributed by atoms with Crippen LogP contribution in [0.2, 0.25) is 0 Å². The van der Waals surface area contributed by atoms with E-state index in [9.17, 15) is 0 Å². The Morgan fingerprint density at radius 3 is 1.59 bits per heavy atom. The van der Waals surface area contributed by atoms with E-state index in [4.69, 9.17) is 0 Å². The maximum Gasteiger partial charge on any atom is 0.0754 e. The smallest absolute Gasteiger partial charge is 0.0754 e. The molecular weight excluding hydrogens is 791 g/mol. The number of rotatable bonds is 6. The van der Waals surface area contributed by atoms with E-state index in [0.717, 1.165) is 5.69 Å². The summed E-state index contributed by atoms with van der Waals surface area (Å²) < 4.78 is 2.67. The van der Waals surface area contributed by atoms with Crippen molar-refractivity contribution in [1.82, 2.24) is 0 Å². The number of hydrogen-bond acceptors (Lipinski definition) is 2. The molecule has 2 heterocycles. The monoisotopic (exact) mass is 831 g/mol. The molecule has 1 aliphatic carbocycles. The highest BCUT2D eigenvalue weighted by molar-refractivity contribution is 7.26. The molecule has 1 aromatic heterocycles. The van der Waals surface area contributed by atoms with Gasteiger partial charge in [0.2, 0.25) is 0 Å². The summed E-state index contributed by atoms with van der Waals surface area (Å²) in [7, 11) is 0. The van der Waals surface area contributed by atoms with Crippen molar-refractivity contribution in [2.24, 2.45) is 0 Å². The molecule has 10 aromatic carbocycles. The van der Waals surface area contributed by atoms with Crippen molar-refractivity contribution in [2.45, 2.75) is 11.3 Å². The van der Waals surface area contributed by atoms with Gasteiger partial charge in [-0.05, 0) is 103 Å². The number of thiophene rings is 1. The van der Waals surface area contributed by atoms with Crippen molar-refractivity contribution in [2.75, 3.05) is 4.90 Å². The Labute approximate surface area is 377 Å². The molecule has 0 radical (unpaired) electrons. The Balaban J connectivity index is 1.04. The fraction of sp³-hybridized carbons (Fsp3) is 0.0323. The summed E-state index contributed by atoms with van der Waals surface area (Å²) in [6.45, 7) is 0. The first kappa shape index (κ1) is 36.8. The van der Waals surface area contributed by atoms with E-state index >= 15 is 0 Å². The maximum absolute atomic E-state index is 2.46. The van der Waals surface area contributed by atoms with Crippen LogP contribution in [0.15, 0.2) is 243 Å². The minimum absolute atomic E-state index is 0.0351. The predicted molar refractivity (Wildman–Crippen MR) is 270 cm³/mol. The molecule has 0 amide bonds. The molecule has 300 valence electrons. The zero-order chi connectivity index (χ0) is 42.2. The summed E-state index contributed by atoms with van der Waals surface area (Å²) in [5.41, 5.74) is 19.7. The molecule has 2 aliphatic rings. The fourth-order valence-electron chi connectivity index (χ4n) is 11.2. The standard InChI is InChI=1S/C62H41NS/c1-3-17-41(18-4-1)42-33-37-44(38-34-42)59(45-39-35-43(36-40-45)47-23-15-24-49-48-21-8-14-32-58(48)64-61(47)49)51-25-16-29-55-60(51)50-22-7-9-26-52(50)62(55)53-27-10-12-30-56(53)63(46-19-5-2-6-20-46)57-31-13-11-28-54(57)62/h1-40,59H. The lowest BCUT2D eigenvalue weighted by molar-refractivity contribution is 0.751. The lowest BCUT2D eigenvalue weighted by Crippen LogP contribution is -2.36. The Morgan fingerprint density at radius 1 is 0.359 bits per heavy atom. The van der Waals surface area contributed by atoms with E-state index in [1.807, 2.05) is 11.3 Å². The Kier molecular flexibility index (Phi) is 8.44. The SMILES string of the molecule is c1ccc(-c2ccc(C(c3ccc(-c4cccc5c4sc4ccccc45)cc3)c3cccc4c3-c3ccccc3C43c4ccccc4N(c4ccccc4)c4ccccc43)cc2)cc1. The summed E-state index contributed by atoms with van der Waals surface area (Å²) in [5, 5.41) is 2.65. The van der Waals surface area contributed by atoms with Gasteiger partial charge in [0, 0.05) is 31.8 Å². The molecule has 1 unspecified atom stereocenters. The van der Waals surface area contributed by atoms with Crippen LogP contribution in [0, 0.1) is 0 Å². The van der Waals surface area contributed by atoms with Gasteiger partial charge in [-0.3, -0.25) is 0 Å². The van der Waals surface area contributed by atoms with Crippen LogP contribution in [0.5, 0.6) is 0 Å². The van der Waals surface area contributed by atoms with Crippen LogP contribution in [0.4, 0.5) is 17.1 Å². The minimum atomic E-state index is -0.533. The van der Waals surface area contributed by atoms with Crippen LogP contribution in [0.25, 0.3) is 53.6 Å². The first-order valence-electron chi connectivity index (χ1n) is 22.2. The van der Waals surface area contributed by atoms with E-state index in [-0.39, 0.29) is 5.92 Å². The van der Waals surface area contributed by atoms with Crippen LogP contribution in [0.1, 0.15) is 44.9 Å². The quantitative estimate of drug-likeness (QED) is 0.151. The van der Waals surface area contributed by atoms with Gasteiger partial charge in [0.15, 0.2) is 0 Å². The molecule has 0 bridgehead atoms. The van der Waals surface area contributed by atoms with E-state index in [1.54, 1.807) is 0 Å². The second-order valence-corrected chi connectivity index (χ2v) is 18.1. The second-order valence-electron chi connectivity index (χ2n) is 17.1. The van der Waals surface area contributed by atoms with Gasteiger partial charge >= 0.3 is 0 Å². The zero-order valence-corrected chi connectivity index (χ0v) is 35.8. The van der Waals surface area contributed by atoms with Crippen LogP contribution in [-0.2, 0) is 5.41 Å². The third-order valence-corrected chi connectivity index (χ3v) is 15.1. The molecule has 64 heavy (non-hydrogen) atoms. The lowest BCUT2D eigenvalue weighted by Gasteiger charge is -2.45. The van der Waals surface area contributed by atoms with Crippen molar-refractivity contribution in [3.8, 4) is 33.4 Å². The number of hydrogen-bond donors (Lipinski definition) is 0. The average Bonchev–Trinajstić information content (AvgIpc) is 3.90. The second kappa shape index (κ2) is 14.7. The maximum atomic E-state index is 2.46. The Morgan fingerprint density at radius 2 is 0.875 bits per heavy atom. The molecule has 11 aromatic rings. The highest BCUT2D eigenvalue weighted by Gasteiger charge is 2.52. The Bertz CT molecular complexity index is 3500. The zero-order valence-electron chi connectivity index (χ0n) is 35.0. The van der Waals surface area contributed by atoms with E-state index in [1.165, 1.54) is 104 Å². The van der Waals surface area contributed by atoms with E-state index < -0.39 is 5.41 Å². The summed E-state index contributed by atoms with van der Waals surface area (Å²) in [6.07, 6.45) is 0. The van der Waals surface area contributed by atoms with Gasteiger partial charge in [-0.2, -0.15) is 0 Å². The van der Waals surface area contributed by atoms with Gasteiger partial charge in [0.1, 0.15) is 0 Å². The first-order valence-corrected chi connectivity index (χ1v) is 23.0. The van der Waals surface area contributed by atoms with Crippen LogP contribution >= 0.6 is 11.3 Å². The normalized spacial score (nSPS) is 13.7. The third kappa shape index (κ3) is 5.43. The molecule has 13 rings (SSSR count). The van der Waals surface area contributed by atoms with Crippen molar-refractivity contribution in [3.05, 3.63) is 282 Å². The number of fused-ring (bicyclic) bond motifs is 12. The summed E-state index contributed by atoms with van der Waals surface area (Å²) in [4.78, 5) is 2.46. The first-order chi connectivity index (χ1) is 31.8. The number of para-hydroxylation sites is 3. The highest BCUT2D eigenvalue weighted by atomic mass is 32.1. The highest BCUT2D eigenvalue weighted by Crippen LogP contribution is 2.64. The third-order valence-electron chi connectivity index (χ3n) is 13.8. The topological polar surface area (TPSA) is 3.24 Å². The Hall–Kier alpha value is -7.78. The summed E-state index contributed by atoms with van der Waals surface area (Å²) in [5.74, 6) is -0.0351. The minimum Gasteiger partial charge on any atom is -0.310 e. The molecule has 0 fully saturated rings. The lowest BCUT2D eigenvalue weighted by atomic mass is 9.64. The van der Waals surface area contributed by atoms with Crippen molar-refractivity contribution in [1.29, 1.82) is 0 Å². The van der Waals surface area contributed by atoms with Gasteiger partial charge < -0.3 is 4.90 Å². The van der Waals surface area contributed by atoms with Crippen molar-refractivity contribution < 1.29 is 0 Å². The summed E-state index contributed by atoms with van der Waals surface area (Å²) in [6, 6.07) is 90.4. The molecule has 1 atom stereocenters. The van der Waals surface area contributed by atoms with Crippen molar-refractivity contribution >= 4 is 48.6 Å². The number of benzene rings is 10. The number of anilines is 3. The van der Waals surface area contributed by atoms with Gasteiger partial charge in [0.05, 0.1) is 16.8 Å². The molecule has 0 N–H and O–H groups in total. The van der Waals surface area contributed by atoms with Gasteiger partial charge in [0.25, 0.3) is 0 Å². The van der Waals surface area contributed by atoms with E-state index in [0.29, 0.717) is 0 Å². The van der Waals surface area contributed by atoms with Gasteiger partial charge in [-0.15, -0.1) is 11.3 Å². The average molecular weight is 832 g/mol. The van der Waals surface area contributed by atoms with Gasteiger partial charge in [-0.1, -0.05) is 212 Å². The van der Waals surface area contributed by atoms with Crippen molar-refractivity contribution in [3.63, 3.8) is 0 Å². The number of nitrogens with zero attached hydrogens (tertiary/aromatic N) is 1. The van der Waals surface area contributed by atoms with E-state index in [2.05, 4.69) is 248 Å². The molecule has 2 heteroatoms. The molecular formula is C62H41NS. The molecule has 1 nitrogen and oxygen atoms in total. The van der Waals surface area contributed by atoms with Crippen LogP contribution in [0.3, 0.4) is 0 Å². The predicted octanol–water partition coefficient (Wildman–Crippen LogP) is 16.7. The summed E-state index contributed by atoms with van der Waals surface area (Å²) >= 11 is 1.89. The van der Waals surface area contributed by atoms with Crippen LogP contribution in [-0.4, -0.2) is 0 Å². The fourth-order valence-corrected chi connectivity index (χ4v) is 12.4. The molecule has 0 saturated heterocycles.